The summed E-state index contributed by atoms with van der Waals surface area (Å²) in [5.41, 5.74) is 4.64. The third-order valence-electron chi connectivity index (χ3n) is 4.34. The lowest BCUT2D eigenvalue weighted by molar-refractivity contribution is 0.283. The van der Waals surface area contributed by atoms with Gasteiger partial charge in [0.05, 0.1) is 7.11 Å². The highest BCUT2D eigenvalue weighted by atomic mass is 79.9. The minimum absolute atomic E-state index is 0.508. The van der Waals surface area contributed by atoms with Gasteiger partial charge in [-0.05, 0) is 47.4 Å². The van der Waals surface area contributed by atoms with Crippen molar-refractivity contribution in [3.05, 3.63) is 87.7 Å². The molecular formula is C22H23BrN2O2. The van der Waals surface area contributed by atoms with Gasteiger partial charge in [-0.25, -0.2) is 0 Å². The van der Waals surface area contributed by atoms with Crippen LogP contribution in [0, 0.1) is 6.92 Å². The standard InChI is InChI=1S/C22H23BrN2O2/c1-16-6-3-4-8-18(16)15-27-22-11-20(23)19(10-21(22)26-2)14-25-13-17-7-5-9-24-12-17/h3-12,25H,13-15H2,1-2H3. The number of hydrogen-bond acceptors (Lipinski definition) is 4. The first-order valence-corrected chi connectivity index (χ1v) is 9.60. The number of nitrogens with zero attached hydrogens (tertiary/aromatic N) is 1. The van der Waals surface area contributed by atoms with Crippen molar-refractivity contribution in [3.63, 3.8) is 0 Å². The van der Waals surface area contributed by atoms with E-state index in [0.717, 1.165) is 39.2 Å². The van der Waals surface area contributed by atoms with Gasteiger partial charge in [-0.1, -0.05) is 46.3 Å². The Morgan fingerprint density at radius 2 is 1.85 bits per heavy atom. The molecule has 0 atom stereocenters. The van der Waals surface area contributed by atoms with Crippen molar-refractivity contribution in [2.45, 2.75) is 26.6 Å². The summed E-state index contributed by atoms with van der Waals surface area (Å²) in [6.07, 6.45) is 3.64. The molecule has 1 aromatic heterocycles. The number of ether oxygens (including phenoxy) is 2. The molecule has 0 saturated carbocycles. The van der Waals surface area contributed by atoms with Gasteiger partial charge in [0.15, 0.2) is 11.5 Å². The second-order valence-electron chi connectivity index (χ2n) is 6.27. The lowest BCUT2D eigenvalue weighted by atomic mass is 10.1. The number of halogens is 1. The Bertz CT molecular complexity index is 885. The lowest BCUT2D eigenvalue weighted by Crippen LogP contribution is -2.13. The monoisotopic (exact) mass is 426 g/mol. The Morgan fingerprint density at radius 3 is 2.59 bits per heavy atom. The van der Waals surface area contributed by atoms with Crippen LogP contribution in [0.3, 0.4) is 0 Å². The number of rotatable bonds is 8. The molecular weight excluding hydrogens is 404 g/mol. The van der Waals surface area contributed by atoms with Gasteiger partial charge < -0.3 is 14.8 Å². The Balaban J connectivity index is 1.66. The van der Waals surface area contributed by atoms with E-state index >= 15 is 0 Å². The molecule has 0 bridgehead atoms. The van der Waals surface area contributed by atoms with Crippen molar-refractivity contribution in [2.75, 3.05) is 7.11 Å². The highest BCUT2D eigenvalue weighted by Crippen LogP contribution is 2.34. The number of aryl methyl sites for hydroxylation is 1. The molecule has 0 saturated heterocycles. The molecule has 5 heteroatoms. The zero-order valence-electron chi connectivity index (χ0n) is 15.5. The summed E-state index contributed by atoms with van der Waals surface area (Å²) in [5.74, 6) is 1.45. The third kappa shape index (κ3) is 5.31. The van der Waals surface area contributed by atoms with E-state index < -0.39 is 0 Å². The minimum Gasteiger partial charge on any atom is -0.493 e. The van der Waals surface area contributed by atoms with Crippen LogP contribution in [0.5, 0.6) is 11.5 Å². The largest absolute Gasteiger partial charge is 0.493 e. The molecule has 140 valence electrons. The van der Waals surface area contributed by atoms with E-state index in [1.807, 2.05) is 36.5 Å². The molecule has 0 aliphatic rings. The van der Waals surface area contributed by atoms with Crippen molar-refractivity contribution in [3.8, 4) is 11.5 Å². The van der Waals surface area contributed by atoms with Gasteiger partial charge in [0, 0.05) is 30.0 Å². The van der Waals surface area contributed by atoms with Gasteiger partial charge in [0.2, 0.25) is 0 Å². The van der Waals surface area contributed by atoms with Gasteiger partial charge in [0.25, 0.3) is 0 Å². The molecule has 1 heterocycles. The molecule has 0 aliphatic carbocycles. The summed E-state index contributed by atoms with van der Waals surface area (Å²) in [7, 11) is 1.66. The average Bonchev–Trinajstić information content (AvgIpc) is 2.69. The average molecular weight is 427 g/mol. The molecule has 3 aromatic rings. The van der Waals surface area contributed by atoms with E-state index in [-0.39, 0.29) is 0 Å². The SMILES string of the molecule is COc1cc(CNCc2cccnc2)c(Br)cc1OCc1ccccc1C. The number of pyridine rings is 1. The van der Waals surface area contributed by atoms with Gasteiger partial charge in [-0.2, -0.15) is 0 Å². The minimum atomic E-state index is 0.508. The first-order valence-electron chi connectivity index (χ1n) is 8.80. The fourth-order valence-corrected chi connectivity index (χ4v) is 3.22. The van der Waals surface area contributed by atoms with Crippen LogP contribution in [-0.2, 0) is 19.7 Å². The molecule has 2 aromatic carbocycles. The molecule has 0 spiro atoms. The summed E-state index contributed by atoms with van der Waals surface area (Å²) < 4.78 is 12.5. The van der Waals surface area contributed by atoms with Crippen LogP contribution in [0.2, 0.25) is 0 Å². The summed E-state index contributed by atoms with van der Waals surface area (Å²) in [4.78, 5) is 4.13. The molecule has 3 rings (SSSR count). The smallest absolute Gasteiger partial charge is 0.162 e. The van der Waals surface area contributed by atoms with Crippen molar-refractivity contribution in [2.24, 2.45) is 0 Å². The van der Waals surface area contributed by atoms with Crippen LogP contribution in [-0.4, -0.2) is 12.1 Å². The Hall–Kier alpha value is -2.37. The van der Waals surface area contributed by atoms with Crippen molar-refractivity contribution in [1.82, 2.24) is 10.3 Å². The zero-order chi connectivity index (χ0) is 19.1. The summed E-state index contributed by atoms with van der Waals surface area (Å²) in [6, 6.07) is 16.2. The first-order chi connectivity index (χ1) is 13.2. The van der Waals surface area contributed by atoms with E-state index in [1.54, 1.807) is 13.3 Å². The highest BCUT2D eigenvalue weighted by molar-refractivity contribution is 9.10. The van der Waals surface area contributed by atoms with E-state index in [2.05, 4.69) is 51.4 Å². The van der Waals surface area contributed by atoms with Crippen molar-refractivity contribution < 1.29 is 9.47 Å². The summed E-state index contributed by atoms with van der Waals surface area (Å²) in [5, 5.41) is 3.43. The molecule has 27 heavy (non-hydrogen) atoms. The molecule has 1 N–H and O–H groups in total. The van der Waals surface area contributed by atoms with Gasteiger partial charge in [-0.3, -0.25) is 4.98 Å². The van der Waals surface area contributed by atoms with Crippen LogP contribution < -0.4 is 14.8 Å². The maximum absolute atomic E-state index is 6.02. The highest BCUT2D eigenvalue weighted by Gasteiger charge is 2.11. The fourth-order valence-electron chi connectivity index (χ4n) is 2.76. The molecule has 0 fully saturated rings. The topological polar surface area (TPSA) is 43.4 Å². The normalized spacial score (nSPS) is 10.6. The van der Waals surface area contributed by atoms with Crippen LogP contribution in [0.25, 0.3) is 0 Å². The van der Waals surface area contributed by atoms with Crippen LogP contribution in [0.1, 0.15) is 22.3 Å². The van der Waals surface area contributed by atoms with Crippen LogP contribution in [0.4, 0.5) is 0 Å². The summed E-state index contributed by atoms with van der Waals surface area (Å²) >= 11 is 3.65. The number of benzene rings is 2. The second kappa shape index (κ2) is 9.53. The maximum atomic E-state index is 6.02. The molecule has 0 amide bonds. The molecule has 0 radical (unpaired) electrons. The molecule has 0 aliphatic heterocycles. The number of aromatic nitrogens is 1. The predicted molar refractivity (Wildman–Crippen MR) is 111 cm³/mol. The predicted octanol–water partition coefficient (Wildman–Crippen LogP) is 5.03. The Labute approximate surface area is 168 Å². The summed E-state index contributed by atoms with van der Waals surface area (Å²) in [6.45, 7) is 4.06. The quantitative estimate of drug-likeness (QED) is 0.548. The van der Waals surface area contributed by atoms with Gasteiger partial charge in [0.1, 0.15) is 6.61 Å². The Kier molecular flexibility index (Phi) is 6.85. The first kappa shape index (κ1) is 19.4. The molecule has 0 unspecified atom stereocenters. The van der Waals surface area contributed by atoms with E-state index in [4.69, 9.17) is 9.47 Å². The fraction of sp³-hybridized carbons (Fsp3) is 0.227. The third-order valence-corrected chi connectivity index (χ3v) is 5.08. The zero-order valence-corrected chi connectivity index (χ0v) is 17.1. The van der Waals surface area contributed by atoms with Gasteiger partial charge in [-0.15, -0.1) is 0 Å². The van der Waals surface area contributed by atoms with Crippen molar-refractivity contribution in [1.29, 1.82) is 0 Å². The molecule has 4 nitrogen and oxygen atoms in total. The lowest BCUT2D eigenvalue weighted by Gasteiger charge is -2.15. The second-order valence-corrected chi connectivity index (χ2v) is 7.13. The van der Waals surface area contributed by atoms with E-state index in [9.17, 15) is 0 Å². The Morgan fingerprint density at radius 1 is 1.00 bits per heavy atom. The van der Waals surface area contributed by atoms with Crippen LogP contribution in [0.15, 0.2) is 65.4 Å². The van der Waals surface area contributed by atoms with Crippen molar-refractivity contribution >= 4 is 15.9 Å². The van der Waals surface area contributed by atoms with E-state index in [1.165, 1.54) is 5.56 Å². The van der Waals surface area contributed by atoms with E-state index in [0.29, 0.717) is 13.2 Å². The van der Waals surface area contributed by atoms with Crippen LogP contribution >= 0.6 is 15.9 Å². The maximum Gasteiger partial charge on any atom is 0.162 e. The number of nitrogens with one attached hydrogen (secondary N) is 1. The number of methoxy groups -OCH3 is 1. The number of hydrogen-bond donors (Lipinski definition) is 1. The van der Waals surface area contributed by atoms with Gasteiger partial charge >= 0.3 is 0 Å².